The molecule has 1 amide bonds. The van der Waals surface area contributed by atoms with Crippen LogP contribution in [0.15, 0.2) is 35.5 Å². The van der Waals surface area contributed by atoms with Gasteiger partial charge in [0, 0.05) is 26.1 Å². The Morgan fingerprint density at radius 1 is 1.12 bits per heavy atom. The lowest BCUT2D eigenvalue weighted by Gasteiger charge is -2.26. The van der Waals surface area contributed by atoms with Crippen LogP contribution >= 0.6 is 11.8 Å². The molecule has 1 aromatic carbocycles. The molecule has 5 nitrogen and oxygen atoms in total. The van der Waals surface area contributed by atoms with E-state index in [1.165, 1.54) is 23.7 Å². The molecule has 1 aliphatic heterocycles. The highest BCUT2D eigenvalue weighted by Gasteiger charge is 2.19. The van der Waals surface area contributed by atoms with Crippen molar-refractivity contribution in [1.82, 2.24) is 19.7 Å². The molecule has 134 valence electrons. The lowest BCUT2D eigenvalue weighted by atomic mass is 10.1. The van der Waals surface area contributed by atoms with Gasteiger partial charge in [-0.05, 0) is 31.2 Å². The molecule has 1 aliphatic rings. The van der Waals surface area contributed by atoms with E-state index in [-0.39, 0.29) is 5.91 Å². The third kappa shape index (κ3) is 4.84. The second-order valence-corrected chi connectivity index (χ2v) is 7.39. The predicted molar refractivity (Wildman–Crippen MR) is 101 cm³/mol. The van der Waals surface area contributed by atoms with Gasteiger partial charge in [0.1, 0.15) is 5.82 Å². The van der Waals surface area contributed by atoms with Crippen molar-refractivity contribution in [2.24, 2.45) is 0 Å². The number of amides is 1. The first-order chi connectivity index (χ1) is 12.3. The molecule has 0 spiro atoms. The molecule has 25 heavy (non-hydrogen) atoms. The molecule has 0 N–H and O–H groups in total. The second-order valence-electron chi connectivity index (χ2n) is 6.44. The Morgan fingerprint density at radius 3 is 2.60 bits per heavy atom. The first-order valence-corrected chi connectivity index (χ1v) is 10.1. The van der Waals surface area contributed by atoms with Crippen LogP contribution in [0.25, 0.3) is 0 Å². The SMILES string of the molecule is CCCn1c(Cc2ccccc2)nnc1SCC(=O)N1CCCCC1. The third-order valence-corrected chi connectivity index (χ3v) is 5.43. The van der Waals surface area contributed by atoms with Crippen LogP contribution in [-0.4, -0.2) is 44.4 Å². The van der Waals surface area contributed by atoms with Crippen LogP contribution in [0.4, 0.5) is 0 Å². The topological polar surface area (TPSA) is 51.0 Å². The second kappa shape index (κ2) is 9.04. The fourth-order valence-corrected chi connectivity index (χ4v) is 4.03. The lowest BCUT2D eigenvalue weighted by molar-refractivity contribution is -0.129. The number of piperidine rings is 1. The number of hydrogen-bond donors (Lipinski definition) is 0. The molecular formula is C19H26N4OS. The Balaban J connectivity index is 1.65. The van der Waals surface area contributed by atoms with Gasteiger partial charge < -0.3 is 9.47 Å². The number of thioether (sulfide) groups is 1. The van der Waals surface area contributed by atoms with E-state index >= 15 is 0 Å². The van der Waals surface area contributed by atoms with E-state index in [0.29, 0.717) is 5.75 Å². The Labute approximate surface area is 153 Å². The third-order valence-electron chi connectivity index (χ3n) is 4.48. The zero-order valence-electron chi connectivity index (χ0n) is 14.9. The highest BCUT2D eigenvalue weighted by molar-refractivity contribution is 7.99. The quantitative estimate of drug-likeness (QED) is 0.712. The summed E-state index contributed by atoms with van der Waals surface area (Å²) in [5, 5.41) is 9.60. The van der Waals surface area contributed by atoms with Crippen LogP contribution in [0.1, 0.15) is 44.0 Å². The maximum atomic E-state index is 12.4. The van der Waals surface area contributed by atoms with Crippen molar-refractivity contribution >= 4 is 17.7 Å². The summed E-state index contributed by atoms with van der Waals surface area (Å²) < 4.78 is 2.17. The van der Waals surface area contributed by atoms with Crippen LogP contribution in [0.5, 0.6) is 0 Å². The number of carbonyl (C=O) groups excluding carboxylic acids is 1. The van der Waals surface area contributed by atoms with Gasteiger partial charge in [0.05, 0.1) is 5.75 Å². The van der Waals surface area contributed by atoms with Crippen LogP contribution < -0.4 is 0 Å². The van der Waals surface area contributed by atoms with Crippen LogP contribution in [-0.2, 0) is 17.8 Å². The van der Waals surface area contributed by atoms with Crippen molar-refractivity contribution < 1.29 is 4.79 Å². The summed E-state index contributed by atoms with van der Waals surface area (Å²) in [7, 11) is 0. The summed E-state index contributed by atoms with van der Waals surface area (Å²) in [6.45, 7) is 4.84. The van der Waals surface area contributed by atoms with Crippen molar-refractivity contribution in [3.05, 3.63) is 41.7 Å². The molecule has 1 aromatic heterocycles. The summed E-state index contributed by atoms with van der Waals surface area (Å²) in [4.78, 5) is 14.4. The first kappa shape index (κ1) is 18.0. The van der Waals surface area contributed by atoms with Crippen LogP contribution in [0.3, 0.4) is 0 Å². The van der Waals surface area contributed by atoms with E-state index in [9.17, 15) is 4.79 Å². The van der Waals surface area contributed by atoms with Gasteiger partial charge in [-0.1, -0.05) is 49.0 Å². The fraction of sp³-hybridized carbons (Fsp3) is 0.526. The molecule has 2 heterocycles. The molecule has 1 saturated heterocycles. The minimum atomic E-state index is 0.223. The Bertz CT molecular complexity index is 680. The minimum Gasteiger partial charge on any atom is -0.342 e. The van der Waals surface area contributed by atoms with Crippen molar-refractivity contribution in [2.75, 3.05) is 18.8 Å². The van der Waals surface area contributed by atoms with E-state index in [0.717, 1.165) is 56.3 Å². The summed E-state index contributed by atoms with van der Waals surface area (Å²) in [6, 6.07) is 10.3. The molecule has 0 bridgehead atoms. The standard InChI is InChI=1S/C19H26N4OS/c1-2-11-23-17(14-16-9-5-3-6-10-16)20-21-19(23)25-15-18(24)22-12-7-4-8-13-22/h3,5-6,9-10H,2,4,7-8,11-15H2,1H3. The predicted octanol–water partition coefficient (Wildman–Crippen LogP) is 3.38. The maximum absolute atomic E-state index is 12.4. The average molecular weight is 359 g/mol. The molecule has 0 atom stereocenters. The molecule has 0 unspecified atom stereocenters. The molecule has 1 fully saturated rings. The number of aromatic nitrogens is 3. The van der Waals surface area contributed by atoms with Crippen molar-refractivity contribution in [3.8, 4) is 0 Å². The van der Waals surface area contributed by atoms with Gasteiger partial charge >= 0.3 is 0 Å². The Kier molecular flexibility index (Phi) is 6.50. The summed E-state index contributed by atoms with van der Waals surface area (Å²) >= 11 is 1.52. The lowest BCUT2D eigenvalue weighted by Crippen LogP contribution is -2.36. The normalized spacial score (nSPS) is 14.7. The molecule has 0 radical (unpaired) electrons. The molecule has 3 rings (SSSR count). The fourth-order valence-electron chi connectivity index (χ4n) is 3.14. The van der Waals surface area contributed by atoms with Gasteiger partial charge in [0.15, 0.2) is 5.16 Å². The smallest absolute Gasteiger partial charge is 0.233 e. The minimum absolute atomic E-state index is 0.223. The van der Waals surface area contributed by atoms with Crippen molar-refractivity contribution in [3.63, 3.8) is 0 Å². The van der Waals surface area contributed by atoms with E-state index in [2.05, 4.69) is 33.8 Å². The van der Waals surface area contributed by atoms with Gasteiger partial charge in [0.2, 0.25) is 5.91 Å². The molecule has 6 heteroatoms. The summed E-state index contributed by atoms with van der Waals surface area (Å²) in [5.41, 5.74) is 1.23. The average Bonchev–Trinajstić information content (AvgIpc) is 3.03. The summed E-state index contributed by atoms with van der Waals surface area (Å²) in [5.74, 6) is 1.65. The monoisotopic (exact) mass is 358 g/mol. The highest BCUT2D eigenvalue weighted by Crippen LogP contribution is 2.21. The molecule has 2 aromatic rings. The van der Waals surface area contributed by atoms with Crippen LogP contribution in [0, 0.1) is 0 Å². The highest BCUT2D eigenvalue weighted by atomic mass is 32.2. The molecule has 0 aliphatic carbocycles. The summed E-state index contributed by atoms with van der Waals surface area (Å²) in [6.07, 6.45) is 5.29. The zero-order chi connectivity index (χ0) is 17.5. The van der Waals surface area contributed by atoms with Gasteiger partial charge in [-0.25, -0.2) is 0 Å². The van der Waals surface area contributed by atoms with Gasteiger partial charge in [0.25, 0.3) is 0 Å². The largest absolute Gasteiger partial charge is 0.342 e. The van der Waals surface area contributed by atoms with E-state index in [1.54, 1.807) is 0 Å². The van der Waals surface area contributed by atoms with Crippen molar-refractivity contribution in [1.29, 1.82) is 0 Å². The number of carbonyl (C=O) groups is 1. The van der Waals surface area contributed by atoms with Gasteiger partial charge in [-0.2, -0.15) is 0 Å². The van der Waals surface area contributed by atoms with E-state index in [4.69, 9.17) is 0 Å². The number of benzene rings is 1. The Morgan fingerprint density at radius 2 is 1.88 bits per heavy atom. The van der Waals surface area contributed by atoms with E-state index < -0.39 is 0 Å². The van der Waals surface area contributed by atoms with Gasteiger partial charge in [-0.3, -0.25) is 4.79 Å². The van der Waals surface area contributed by atoms with Crippen LogP contribution in [0.2, 0.25) is 0 Å². The van der Waals surface area contributed by atoms with Crippen molar-refractivity contribution in [2.45, 2.75) is 50.7 Å². The maximum Gasteiger partial charge on any atom is 0.233 e. The number of rotatable bonds is 7. The van der Waals surface area contributed by atoms with E-state index in [1.807, 2.05) is 23.1 Å². The van der Waals surface area contributed by atoms with Gasteiger partial charge in [-0.15, -0.1) is 10.2 Å². The number of likely N-dealkylation sites (tertiary alicyclic amines) is 1. The Hall–Kier alpha value is -1.82. The number of nitrogens with zero attached hydrogens (tertiary/aromatic N) is 4. The molecule has 0 saturated carbocycles. The molecular weight excluding hydrogens is 332 g/mol. The first-order valence-electron chi connectivity index (χ1n) is 9.14. The zero-order valence-corrected chi connectivity index (χ0v) is 15.7. The number of hydrogen-bond acceptors (Lipinski definition) is 4.